The van der Waals surface area contributed by atoms with Crippen molar-refractivity contribution in [2.75, 3.05) is 31.5 Å². The van der Waals surface area contributed by atoms with Gasteiger partial charge in [0.1, 0.15) is 17.5 Å². The van der Waals surface area contributed by atoms with E-state index in [0.717, 1.165) is 18.3 Å². The van der Waals surface area contributed by atoms with Gasteiger partial charge in [-0.15, -0.1) is 0 Å². The van der Waals surface area contributed by atoms with Gasteiger partial charge >= 0.3 is 0 Å². The molecule has 0 fully saturated rings. The first-order chi connectivity index (χ1) is 17.3. The lowest BCUT2D eigenvalue weighted by Crippen LogP contribution is -2.30. The second-order valence-electron chi connectivity index (χ2n) is 8.12. The Bertz CT molecular complexity index is 1250. The molecule has 3 N–H and O–H groups in total. The number of ether oxygens (including phenoxy) is 2. The first-order valence-electron chi connectivity index (χ1n) is 11.2. The van der Waals surface area contributed by atoms with Crippen molar-refractivity contribution < 1.29 is 18.3 Å². The number of anilines is 2. The summed E-state index contributed by atoms with van der Waals surface area (Å²) in [6.45, 7) is 2.15. The van der Waals surface area contributed by atoms with Crippen molar-refractivity contribution in [3.05, 3.63) is 80.9 Å². The molecular weight excluding hydrogens is 492 g/mol. The molecule has 3 rings (SSSR count). The summed E-state index contributed by atoms with van der Waals surface area (Å²) < 4.78 is 39.9. The number of nitrogens with one attached hydrogen (secondary N) is 3. The van der Waals surface area contributed by atoms with Crippen LogP contribution in [-0.2, 0) is 16.0 Å². The number of benzene rings is 1. The normalized spacial score (nSPS) is 12.7. The van der Waals surface area contributed by atoms with Crippen LogP contribution in [0.15, 0.2) is 47.5 Å². The zero-order valence-electron chi connectivity index (χ0n) is 20.1. The number of aromatic nitrogens is 2. The molecule has 3 aromatic rings. The fourth-order valence-electron chi connectivity index (χ4n) is 3.69. The molecule has 2 aromatic heterocycles. The van der Waals surface area contributed by atoms with Gasteiger partial charge in [0, 0.05) is 44.8 Å². The predicted molar refractivity (Wildman–Crippen MR) is 137 cm³/mol. The van der Waals surface area contributed by atoms with Crippen molar-refractivity contribution >= 4 is 29.3 Å². The van der Waals surface area contributed by atoms with Gasteiger partial charge in [-0.25, -0.2) is 13.8 Å². The highest BCUT2D eigenvalue weighted by Crippen LogP contribution is 2.24. The second-order valence-corrected chi connectivity index (χ2v) is 8.52. The summed E-state index contributed by atoms with van der Waals surface area (Å²) in [5.41, 5.74) is -0.0951. The van der Waals surface area contributed by atoms with Crippen LogP contribution in [0.5, 0.6) is 0 Å². The van der Waals surface area contributed by atoms with Crippen LogP contribution in [0, 0.1) is 17.0 Å². The molecule has 1 unspecified atom stereocenters. The van der Waals surface area contributed by atoms with Gasteiger partial charge in [-0.05, 0) is 31.5 Å². The first kappa shape index (κ1) is 27.3. The number of methoxy groups -OCH3 is 2. The van der Waals surface area contributed by atoms with Gasteiger partial charge in [-0.2, -0.15) is 0 Å². The van der Waals surface area contributed by atoms with Crippen LogP contribution in [0.2, 0.25) is 5.02 Å². The number of halogens is 3. The Labute approximate surface area is 212 Å². The van der Waals surface area contributed by atoms with E-state index < -0.39 is 17.2 Å². The van der Waals surface area contributed by atoms with Gasteiger partial charge in [0.25, 0.3) is 5.56 Å². The predicted octanol–water partition coefficient (Wildman–Crippen LogP) is 4.63. The molecule has 0 aliphatic carbocycles. The standard InChI is InChI=1S/C25H28ClF2N5O3/c1-15(36-3)9-16(14-35-2)32-24-10-23(19(26)13-31-24)33-8-7-22(17(11-29)25(33)34)30-12-18-20(27)5-4-6-21(18)28/h4-8,10-11,13,15-16,29-30H,9,12,14H2,1-3H3,(H,31,32)/t15?,16-/m0/s1. The van der Waals surface area contributed by atoms with E-state index in [-0.39, 0.29) is 40.5 Å². The molecule has 8 nitrogen and oxygen atoms in total. The van der Waals surface area contributed by atoms with E-state index in [2.05, 4.69) is 15.6 Å². The Morgan fingerprint density at radius 2 is 1.97 bits per heavy atom. The van der Waals surface area contributed by atoms with Crippen molar-refractivity contribution in [1.82, 2.24) is 9.55 Å². The number of hydrogen-bond acceptors (Lipinski definition) is 7. The third-order valence-corrected chi connectivity index (χ3v) is 5.92. The highest BCUT2D eigenvalue weighted by atomic mass is 35.5. The van der Waals surface area contributed by atoms with Crippen molar-refractivity contribution in [1.29, 1.82) is 5.41 Å². The summed E-state index contributed by atoms with van der Waals surface area (Å²) in [5, 5.41) is 14.1. The zero-order chi connectivity index (χ0) is 26.2. The van der Waals surface area contributed by atoms with Gasteiger partial charge in [0.05, 0.1) is 46.9 Å². The minimum atomic E-state index is -0.706. The maximum absolute atomic E-state index is 14.0. The number of rotatable bonds is 12. The maximum Gasteiger partial charge on any atom is 0.266 e. The average molecular weight is 520 g/mol. The third-order valence-electron chi connectivity index (χ3n) is 5.62. The van der Waals surface area contributed by atoms with E-state index in [1.54, 1.807) is 26.4 Å². The molecule has 1 aromatic carbocycles. The topological polar surface area (TPSA) is 101 Å². The second kappa shape index (κ2) is 12.6. The van der Waals surface area contributed by atoms with Crippen molar-refractivity contribution in [3.63, 3.8) is 0 Å². The van der Waals surface area contributed by atoms with Gasteiger partial charge in [0.2, 0.25) is 0 Å². The average Bonchev–Trinajstić information content (AvgIpc) is 2.85. The van der Waals surface area contributed by atoms with E-state index in [1.165, 1.54) is 23.0 Å². The van der Waals surface area contributed by atoms with Crippen LogP contribution in [-0.4, -0.2) is 48.7 Å². The van der Waals surface area contributed by atoms with Crippen LogP contribution in [0.25, 0.3) is 5.69 Å². The Hall–Kier alpha value is -3.34. The summed E-state index contributed by atoms with van der Waals surface area (Å²) in [7, 11) is 3.23. The van der Waals surface area contributed by atoms with Gasteiger partial charge in [-0.3, -0.25) is 9.36 Å². The van der Waals surface area contributed by atoms with E-state index in [4.69, 9.17) is 26.5 Å². The highest BCUT2D eigenvalue weighted by Gasteiger charge is 2.17. The Morgan fingerprint density at radius 3 is 2.61 bits per heavy atom. The summed E-state index contributed by atoms with van der Waals surface area (Å²) in [5.74, 6) is -0.940. The highest BCUT2D eigenvalue weighted by molar-refractivity contribution is 6.32. The minimum Gasteiger partial charge on any atom is -0.383 e. The summed E-state index contributed by atoms with van der Waals surface area (Å²) in [4.78, 5) is 17.5. The van der Waals surface area contributed by atoms with E-state index in [9.17, 15) is 13.6 Å². The Morgan fingerprint density at radius 1 is 1.25 bits per heavy atom. The molecule has 36 heavy (non-hydrogen) atoms. The summed E-state index contributed by atoms with van der Waals surface area (Å²) in [6, 6.07) is 6.64. The largest absolute Gasteiger partial charge is 0.383 e. The third kappa shape index (κ3) is 6.45. The number of hydrogen-bond donors (Lipinski definition) is 3. The maximum atomic E-state index is 14.0. The lowest BCUT2D eigenvalue weighted by molar-refractivity contribution is 0.0917. The number of pyridine rings is 2. The molecule has 0 amide bonds. The molecule has 0 aliphatic heterocycles. The van der Waals surface area contributed by atoms with E-state index in [1.807, 2.05) is 6.92 Å². The summed E-state index contributed by atoms with van der Waals surface area (Å²) in [6.07, 6.45) is 4.42. The monoisotopic (exact) mass is 519 g/mol. The van der Waals surface area contributed by atoms with Crippen LogP contribution in [0.1, 0.15) is 24.5 Å². The summed E-state index contributed by atoms with van der Waals surface area (Å²) >= 11 is 6.37. The van der Waals surface area contributed by atoms with E-state index in [0.29, 0.717) is 24.5 Å². The molecule has 2 heterocycles. The van der Waals surface area contributed by atoms with Crippen molar-refractivity contribution in [3.8, 4) is 5.69 Å². The Balaban J connectivity index is 1.90. The molecule has 0 aliphatic rings. The molecular formula is C25H28ClF2N5O3. The van der Waals surface area contributed by atoms with Crippen LogP contribution < -0.4 is 16.2 Å². The SMILES string of the molecule is COC[C@H](CC(C)OC)Nc1cc(-n2ccc(NCc3c(F)cccc3F)c(C=N)c2=O)c(Cl)cn1. The fraction of sp³-hybridized carbons (Fsp3) is 0.320. The molecule has 2 atom stereocenters. The molecule has 0 radical (unpaired) electrons. The molecule has 0 saturated heterocycles. The lowest BCUT2D eigenvalue weighted by atomic mass is 10.1. The smallest absolute Gasteiger partial charge is 0.266 e. The van der Waals surface area contributed by atoms with Gasteiger partial charge in [0.15, 0.2) is 0 Å². The van der Waals surface area contributed by atoms with Crippen LogP contribution in [0.3, 0.4) is 0 Å². The van der Waals surface area contributed by atoms with Crippen LogP contribution >= 0.6 is 11.6 Å². The zero-order valence-corrected chi connectivity index (χ0v) is 20.9. The van der Waals surface area contributed by atoms with Crippen LogP contribution in [0.4, 0.5) is 20.3 Å². The minimum absolute atomic E-state index is 0.00261. The molecule has 0 saturated carbocycles. The van der Waals surface area contributed by atoms with Gasteiger partial charge in [-0.1, -0.05) is 17.7 Å². The molecule has 0 bridgehead atoms. The Kier molecular flexibility index (Phi) is 9.51. The van der Waals surface area contributed by atoms with Crippen molar-refractivity contribution in [2.45, 2.75) is 32.0 Å². The lowest BCUT2D eigenvalue weighted by Gasteiger charge is -2.22. The van der Waals surface area contributed by atoms with Crippen molar-refractivity contribution in [2.24, 2.45) is 0 Å². The fourth-order valence-corrected chi connectivity index (χ4v) is 3.88. The van der Waals surface area contributed by atoms with Gasteiger partial charge < -0.3 is 25.5 Å². The first-order valence-corrected chi connectivity index (χ1v) is 11.5. The molecule has 11 heteroatoms. The molecule has 192 valence electrons. The quantitative estimate of drug-likeness (QED) is 0.302. The molecule has 0 spiro atoms. The van der Waals surface area contributed by atoms with E-state index >= 15 is 0 Å². The number of nitrogens with zero attached hydrogens (tertiary/aromatic N) is 2.